The first kappa shape index (κ1) is 42.6. The van der Waals surface area contributed by atoms with E-state index < -0.39 is 18.0 Å². The van der Waals surface area contributed by atoms with Crippen LogP contribution in [0.15, 0.2) is 45.3 Å². The van der Waals surface area contributed by atoms with Crippen LogP contribution in [0.1, 0.15) is 114 Å². The van der Waals surface area contributed by atoms with E-state index in [9.17, 15) is 14.7 Å². The van der Waals surface area contributed by atoms with E-state index in [1.54, 1.807) is 0 Å². The molecule has 0 radical (unpaired) electrons. The Balaban J connectivity index is 1.71. The molecule has 8 heteroatoms. The van der Waals surface area contributed by atoms with Crippen LogP contribution in [0.5, 0.6) is 5.75 Å². The van der Waals surface area contributed by atoms with E-state index in [4.69, 9.17) is 14.2 Å². The molecule has 3 aromatic carbocycles. The highest BCUT2D eigenvalue weighted by Crippen LogP contribution is 2.54. The molecule has 1 unspecified atom stereocenters. The summed E-state index contributed by atoms with van der Waals surface area (Å²) in [6.45, 7) is 21.2. The summed E-state index contributed by atoms with van der Waals surface area (Å²) < 4.78 is 20.7. The number of ether oxygens (including phenoxy) is 3. The lowest BCUT2D eigenvalue weighted by molar-refractivity contribution is -0.161. The van der Waals surface area contributed by atoms with E-state index in [2.05, 4.69) is 85.5 Å². The SMILES string of the molecule is Cc1ccc(-c2c(Br)c(C(O[C@@H]3C[C@H](C)CC[C@H]3C(C)C)C(=O)O)c(-c3ccc(C)cc3C)c(Br)c2OC(=O)CO[C@H]2C[C@@H](C)CC[C@@H]2C(C)C)c(C)c1. The summed E-state index contributed by atoms with van der Waals surface area (Å²) in [6, 6.07) is 12.2. The molecule has 2 fully saturated rings. The number of halogens is 2. The molecule has 0 aliphatic heterocycles. The van der Waals surface area contributed by atoms with Crippen molar-refractivity contribution in [3.05, 3.63) is 73.2 Å². The molecular weight excluding hydrogens is 808 g/mol. The number of esters is 1. The molecule has 0 bridgehead atoms. The Morgan fingerprint density at radius 1 is 0.741 bits per heavy atom. The number of carboxylic acids is 1. The lowest BCUT2D eigenvalue weighted by atomic mass is 9.75. The summed E-state index contributed by atoms with van der Waals surface area (Å²) in [4.78, 5) is 27.6. The second-order valence-electron chi connectivity index (χ2n) is 17.1. The van der Waals surface area contributed by atoms with E-state index in [0.717, 1.165) is 65.5 Å². The van der Waals surface area contributed by atoms with Crippen molar-refractivity contribution >= 4 is 43.8 Å². The lowest BCUT2D eigenvalue weighted by Gasteiger charge is -2.39. The van der Waals surface area contributed by atoms with Gasteiger partial charge >= 0.3 is 11.9 Å². The van der Waals surface area contributed by atoms with Crippen molar-refractivity contribution in [2.24, 2.45) is 35.5 Å². The molecule has 0 saturated heterocycles. The molecule has 6 nitrogen and oxygen atoms in total. The Hall–Kier alpha value is -2.52. The average molecular weight is 869 g/mol. The number of aryl methyl sites for hydroxylation is 4. The van der Waals surface area contributed by atoms with E-state index in [1.165, 1.54) is 6.42 Å². The van der Waals surface area contributed by atoms with Gasteiger partial charge in [-0.1, -0.05) is 102 Å². The molecule has 0 amide bonds. The second kappa shape index (κ2) is 18.2. The van der Waals surface area contributed by atoms with Crippen LogP contribution < -0.4 is 4.74 Å². The Labute approximate surface area is 340 Å². The molecule has 5 rings (SSSR count). The fourth-order valence-corrected chi connectivity index (χ4v) is 10.5. The molecule has 7 atom stereocenters. The third-order valence-corrected chi connectivity index (χ3v) is 13.6. The molecule has 2 saturated carbocycles. The monoisotopic (exact) mass is 866 g/mol. The topological polar surface area (TPSA) is 82.1 Å². The minimum atomic E-state index is -1.30. The van der Waals surface area contributed by atoms with Crippen LogP contribution in [0.25, 0.3) is 22.3 Å². The maximum absolute atomic E-state index is 14.0. The summed E-state index contributed by atoms with van der Waals surface area (Å²) in [7, 11) is 0. The quantitative estimate of drug-likeness (QED) is 0.144. The van der Waals surface area contributed by atoms with E-state index >= 15 is 0 Å². The van der Waals surface area contributed by atoms with Crippen molar-refractivity contribution in [2.75, 3.05) is 6.61 Å². The minimum absolute atomic E-state index is 0.0194. The van der Waals surface area contributed by atoms with Gasteiger partial charge in [-0.2, -0.15) is 0 Å². The van der Waals surface area contributed by atoms with Gasteiger partial charge in [0.1, 0.15) is 6.61 Å². The van der Waals surface area contributed by atoms with Crippen molar-refractivity contribution in [1.82, 2.24) is 0 Å². The van der Waals surface area contributed by atoms with E-state index in [-0.39, 0.29) is 24.7 Å². The highest BCUT2D eigenvalue weighted by Gasteiger charge is 2.40. The third kappa shape index (κ3) is 9.53. The van der Waals surface area contributed by atoms with Crippen LogP contribution in [-0.2, 0) is 19.1 Å². The number of carbonyl (C=O) groups excluding carboxylic acids is 1. The van der Waals surface area contributed by atoms with Crippen LogP contribution in [0.2, 0.25) is 0 Å². The molecule has 294 valence electrons. The summed E-state index contributed by atoms with van der Waals surface area (Å²) >= 11 is 7.90. The minimum Gasteiger partial charge on any atom is -0.479 e. The zero-order valence-corrected chi connectivity index (χ0v) is 37.0. The maximum atomic E-state index is 14.0. The van der Waals surface area contributed by atoms with E-state index in [0.29, 0.717) is 61.0 Å². The number of aliphatic carboxylic acids is 1. The molecule has 2 aliphatic carbocycles. The van der Waals surface area contributed by atoms with Crippen molar-refractivity contribution in [3.63, 3.8) is 0 Å². The van der Waals surface area contributed by atoms with Crippen LogP contribution in [-0.4, -0.2) is 35.9 Å². The van der Waals surface area contributed by atoms with Crippen LogP contribution in [0.4, 0.5) is 0 Å². The number of rotatable bonds is 12. The van der Waals surface area contributed by atoms with Crippen LogP contribution in [0, 0.1) is 63.2 Å². The largest absolute Gasteiger partial charge is 0.479 e. The number of hydrogen-bond acceptors (Lipinski definition) is 5. The summed E-state index contributed by atoms with van der Waals surface area (Å²) in [5.41, 5.74) is 7.45. The molecule has 3 aromatic rings. The van der Waals surface area contributed by atoms with E-state index in [1.807, 2.05) is 52.0 Å². The lowest BCUT2D eigenvalue weighted by Crippen LogP contribution is -2.37. The first-order chi connectivity index (χ1) is 25.5. The number of benzene rings is 3. The Bertz CT molecular complexity index is 1830. The molecule has 0 spiro atoms. The van der Waals surface area contributed by atoms with Gasteiger partial charge in [0.05, 0.1) is 16.7 Å². The third-order valence-electron chi connectivity index (χ3n) is 12.0. The van der Waals surface area contributed by atoms with Gasteiger partial charge in [0.15, 0.2) is 11.9 Å². The number of hydrogen-bond donors (Lipinski definition) is 1. The molecule has 1 N–H and O–H groups in total. The summed E-state index contributed by atoms with van der Waals surface area (Å²) in [5.74, 6) is 1.11. The van der Waals surface area contributed by atoms with Crippen molar-refractivity contribution in [3.8, 4) is 28.0 Å². The Morgan fingerprint density at radius 3 is 1.74 bits per heavy atom. The van der Waals surface area contributed by atoms with Gasteiger partial charge in [0.25, 0.3) is 0 Å². The highest BCUT2D eigenvalue weighted by atomic mass is 79.9. The zero-order valence-electron chi connectivity index (χ0n) is 33.9. The fraction of sp³-hybridized carbons (Fsp3) is 0.565. The predicted octanol–water partition coefficient (Wildman–Crippen LogP) is 12.8. The van der Waals surface area contributed by atoms with Crippen molar-refractivity contribution in [1.29, 1.82) is 0 Å². The standard InChI is InChI=1S/C46H60Br2O6/c1-24(2)32-15-11-28(7)21-36(32)52-23-38(49)54-44-40(35-18-14-27(6)20-31(35)10)42(47)41(39(43(44)48)34-17-13-26(5)19-30(34)9)45(46(50)51)53-37-22-29(8)12-16-33(37)25(3)4/h13-14,17-20,24-25,28-29,32-33,36-37,45H,11-12,15-16,21-23H2,1-10H3,(H,50,51)/t28-,29+,32+,33-,36-,37+,45?/m0/s1. The summed E-state index contributed by atoms with van der Waals surface area (Å²) in [6.07, 6.45) is 4.49. The summed E-state index contributed by atoms with van der Waals surface area (Å²) in [5, 5.41) is 11.1. The highest BCUT2D eigenvalue weighted by molar-refractivity contribution is 9.11. The zero-order chi connectivity index (χ0) is 39.6. The van der Waals surface area contributed by atoms with Gasteiger partial charge in [-0.05, 0) is 143 Å². The van der Waals surface area contributed by atoms with Gasteiger partial charge in [-0.3, -0.25) is 0 Å². The molecule has 2 aliphatic rings. The van der Waals surface area contributed by atoms with Crippen LogP contribution >= 0.6 is 31.9 Å². The van der Waals surface area contributed by atoms with Gasteiger partial charge in [0, 0.05) is 21.2 Å². The van der Waals surface area contributed by atoms with Gasteiger partial charge in [-0.25, -0.2) is 9.59 Å². The van der Waals surface area contributed by atoms with Crippen molar-refractivity contribution < 1.29 is 28.9 Å². The maximum Gasteiger partial charge on any atom is 0.337 e. The predicted molar refractivity (Wildman–Crippen MR) is 225 cm³/mol. The Kier molecular flexibility index (Phi) is 14.3. The smallest absolute Gasteiger partial charge is 0.337 e. The normalized spacial score (nSPS) is 23.8. The van der Waals surface area contributed by atoms with Crippen molar-refractivity contribution in [2.45, 2.75) is 126 Å². The average Bonchev–Trinajstić information content (AvgIpc) is 3.08. The molecule has 0 heterocycles. The first-order valence-corrected chi connectivity index (χ1v) is 21.5. The molecule has 0 aromatic heterocycles. The Morgan fingerprint density at radius 2 is 1.24 bits per heavy atom. The first-order valence-electron chi connectivity index (χ1n) is 19.9. The fourth-order valence-electron chi connectivity index (χ4n) is 9.04. The van der Waals surface area contributed by atoms with Gasteiger partial charge in [0.2, 0.25) is 0 Å². The number of carboxylic acid groups (broad SMARTS) is 1. The number of carbonyl (C=O) groups is 2. The molecule has 54 heavy (non-hydrogen) atoms. The van der Waals surface area contributed by atoms with Crippen LogP contribution in [0.3, 0.4) is 0 Å². The second-order valence-corrected chi connectivity index (χ2v) is 18.7. The van der Waals surface area contributed by atoms with Gasteiger partial charge in [-0.15, -0.1) is 0 Å². The molecular formula is C46H60Br2O6. The van der Waals surface area contributed by atoms with Gasteiger partial charge < -0.3 is 19.3 Å².